The van der Waals surface area contributed by atoms with Crippen molar-refractivity contribution >= 4 is 28.9 Å². The molecule has 0 bridgehead atoms. The first-order valence-corrected chi connectivity index (χ1v) is 16.1. The number of cyclic esters (lactones) is 1. The Labute approximate surface area is 267 Å². The maximum Gasteiger partial charge on any atom is 0.407 e. The number of aromatic nitrogens is 2. The van der Waals surface area contributed by atoms with Gasteiger partial charge in [-0.2, -0.15) is 0 Å². The molecule has 2 N–H and O–H groups in total. The van der Waals surface area contributed by atoms with E-state index in [-0.39, 0.29) is 47.5 Å². The van der Waals surface area contributed by atoms with Crippen LogP contribution in [0, 0.1) is 11.8 Å². The zero-order valence-corrected chi connectivity index (χ0v) is 27.0. The van der Waals surface area contributed by atoms with Crippen molar-refractivity contribution in [3.63, 3.8) is 0 Å². The zero-order chi connectivity index (χ0) is 33.0. The van der Waals surface area contributed by atoms with Gasteiger partial charge in [-0.05, 0) is 95.0 Å². The maximum atomic E-state index is 13.6. The summed E-state index contributed by atoms with van der Waals surface area (Å²) in [6.45, 7) is 9.83. The molecule has 3 aliphatic rings. The molecular weight excluding hydrogens is 590 g/mol. The van der Waals surface area contributed by atoms with Gasteiger partial charge in [0.25, 0.3) is 5.56 Å². The Balaban J connectivity index is 1.20. The van der Waals surface area contributed by atoms with Crippen molar-refractivity contribution < 1.29 is 33.7 Å². The van der Waals surface area contributed by atoms with Crippen molar-refractivity contribution in [2.24, 2.45) is 11.8 Å². The lowest BCUT2D eigenvalue weighted by Gasteiger charge is -2.31. The molecule has 4 heterocycles. The van der Waals surface area contributed by atoms with Crippen molar-refractivity contribution in [1.29, 1.82) is 0 Å². The van der Waals surface area contributed by atoms with Gasteiger partial charge in [0.2, 0.25) is 0 Å². The van der Waals surface area contributed by atoms with E-state index in [1.807, 2.05) is 39.8 Å². The van der Waals surface area contributed by atoms with Crippen LogP contribution in [0.2, 0.25) is 0 Å². The number of carbonyl (C=O) groups excluding carboxylic acids is 3. The quantitative estimate of drug-likeness (QED) is 0.225. The normalized spacial score (nSPS) is 22.0. The fraction of sp³-hybridized carbons (Fsp3) is 0.514. The van der Waals surface area contributed by atoms with E-state index in [9.17, 15) is 24.3 Å². The van der Waals surface area contributed by atoms with Gasteiger partial charge < -0.3 is 29.2 Å². The second-order valence-corrected chi connectivity index (χ2v) is 13.6. The fourth-order valence-electron chi connectivity index (χ4n) is 6.95. The first-order valence-electron chi connectivity index (χ1n) is 16.1. The van der Waals surface area contributed by atoms with Crippen molar-refractivity contribution in [1.82, 2.24) is 14.9 Å². The Hall–Kier alpha value is -4.25. The number of aliphatic hydroxyl groups is 1. The molecule has 3 aromatic rings. The molecular formula is C35H41N3O8. The van der Waals surface area contributed by atoms with E-state index in [0.717, 1.165) is 29.4 Å². The molecule has 0 spiro atoms. The number of esters is 2. The van der Waals surface area contributed by atoms with Gasteiger partial charge in [-0.1, -0.05) is 13.8 Å². The first kappa shape index (κ1) is 31.7. The second-order valence-electron chi connectivity index (χ2n) is 13.6. The molecule has 1 fully saturated rings. The van der Waals surface area contributed by atoms with E-state index >= 15 is 0 Å². The van der Waals surface area contributed by atoms with Crippen LogP contribution in [0.25, 0.3) is 22.3 Å². The first-order chi connectivity index (χ1) is 21.8. The maximum absolute atomic E-state index is 13.6. The highest BCUT2D eigenvalue weighted by Crippen LogP contribution is 2.41. The van der Waals surface area contributed by atoms with Crippen LogP contribution in [-0.2, 0) is 44.2 Å². The predicted molar refractivity (Wildman–Crippen MR) is 169 cm³/mol. The smallest absolute Gasteiger partial charge is 0.407 e. The molecule has 1 saturated carbocycles. The summed E-state index contributed by atoms with van der Waals surface area (Å²) in [4.78, 5) is 56.2. The molecule has 1 amide bonds. The number of amides is 1. The molecule has 0 saturated heterocycles. The van der Waals surface area contributed by atoms with Gasteiger partial charge in [0, 0.05) is 23.1 Å². The summed E-state index contributed by atoms with van der Waals surface area (Å²) in [5.41, 5.74) is 1.61. The Kier molecular flexibility index (Phi) is 8.16. The molecule has 0 radical (unpaired) electrons. The summed E-state index contributed by atoms with van der Waals surface area (Å²) in [6, 6.07) is 7.10. The summed E-state index contributed by atoms with van der Waals surface area (Å²) in [5, 5.41) is 14.8. The highest BCUT2D eigenvalue weighted by molar-refractivity contribution is 5.90. The van der Waals surface area contributed by atoms with E-state index in [1.54, 1.807) is 23.6 Å². The van der Waals surface area contributed by atoms with Crippen LogP contribution in [0.3, 0.4) is 0 Å². The van der Waals surface area contributed by atoms with Crippen molar-refractivity contribution in [2.75, 3.05) is 6.54 Å². The third-order valence-electron chi connectivity index (χ3n) is 9.46. The van der Waals surface area contributed by atoms with Gasteiger partial charge in [0.1, 0.15) is 18.0 Å². The topological polar surface area (TPSA) is 146 Å². The van der Waals surface area contributed by atoms with Crippen LogP contribution >= 0.6 is 0 Å². The monoisotopic (exact) mass is 631 g/mol. The number of rotatable bonds is 6. The molecule has 0 unspecified atom stereocenters. The lowest BCUT2D eigenvalue weighted by atomic mass is 9.82. The summed E-state index contributed by atoms with van der Waals surface area (Å²) >= 11 is 0. The largest absolute Gasteiger partial charge is 0.458 e. The Morgan fingerprint density at radius 2 is 1.85 bits per heavy atom. The molecule has 1 aliphatic carbocycles. The van der Waals surface area contributed by atoms with E-state index in [1.165, 1.54) is 0 Å². The summed E-state index contributed by atoms with van der Waals surface area (Å²) in [6.07, 6.45) is 3.29. The number of carbonyl (C=O) groups is 3. The number of aryl methyl sites for hydroxylation is 1. The minimum atomic E-state index is -1.88. The lowest BCUT2D eigenvalue weighted by Crippen LogP contribution is -2.44. The molecule has 6 rings (SSSR count). The molecule has 2 aliphatic heterocycles. The van der Waals surface area contributed by atoms with E-state index < -0.39 is 23.3 Å². The predicted octanol–water partition coefficient (Wildman–Crippen LogP) is 4.88. The van der Waals surface area contributed by atoms with Gasteiger partial charge in [-0.3, -0.25) is 9.59 Å². The number of fused-ring (bicyclic) bond motifs is 5. The third-order valence-corrected chi connectivity index (χ3v) is 9.46. The average molecular weight is 632 g/mol. The average Bonchev–Trinajstić information content (AvgIpc) is 3.39. The van der Waals surface area contributed by atoms with Crippen LogP contribution in [0.15, 0.2) is 29.1 Å². The molecule has 2 aromatic heterocycles. The number of hydrogen-bond donors (Lipinski definition) is 2. The minimum absolute atomic E-state index is 0.0776. The van der Waals surface area contributed by atoms with Crippen LogP contribution in [0.1, 0.15) is 89.0 Å². The van der Waals surface area contributed by atoms with Gasteiger partial charge >= 0.3 is 18.0 Å². The van der Waals surface area contributed by atoms with Crippen LogP contribution < -0.4 is 15.6 Å². The summed E-state index contributed by atoms with van der Waals surface area (Å²) in [5.74, 6) is -0.522. The van der Waals surface area contributed by atoms with Gasteiger partial charge in [-0.25, -0.2) is 14.6 Å². The number of alkyl carbamates (subject to hydrolysis) is 1. The number of hydrogen-bond acceptors (Lipinski definition) is 9. The molecule has 1 aromatic carbocycles. The van der Waals surface area contributed by atoms with Crippen LogP contribution in [-0.4, -0.2) is 44.8 Å². The lowest BCUT2D eigenvalue weighted by molar-refractivity contribution is -0.172. The number of ether oxygens (including phenoxy) is 3. The van der Waals surface area contributed by atoms with Crippen LogP contribution in [0.5, 0.6) is 5.75 Å². The summed E-state index contributed by atoms with van der Waals surface area (Å²) in [7, 11) is 0. The van der Waals surface area contributed by atoms with Crippen LogP contribution in [0.4, 0.5) is 4.79 Å². The molecule has 11 nitrogen and oxygen atoms in total. The van der Waals surface area contributed by atoms with E-state index in [4.69, 9.17) is 19.2 Å². The highest BCUT2D eigenvalue weighted by Gasteiger charge is 2.45. The molecule has 46 heavy (non-hydrogen) atoms. The SMILES string of the molecule is CCc1c2c(nc3ccc(OC(=O)[C@H]4CC[C@H](CNC(=O)OC(C)(C)C)CC4)cc13)-c1cc3c(c(=O)n1C2)COC(=O)[C@]3(O)CC. The third kappa shape index (κ3) is 5.65. The van der Waals surface area contributed by atoms with E-state index in [2.05, 4.69) is 5.32 Å². The fourth-order valence-corrected chi connectivity index (χ4v) is 6.95. The van der Waals surface area contributed by atoms with Crippen molar-refractivity contribution in [3.05, 3.63) is 56.9 Å². The van der Waals surface area contributed by atoms with Crippen molar-refractivity contribution in [2.45, 2.75) is 97.5 Å². The minimum Gasteiger partial charge on any atom is -0.458 e. The highest BCUT2D eigenvalue weighted by atomic mass is 16.6. The molecule has 11 heteroatoms. The zero-order valence-electron chi connectivity index (χ0n) is 27.0. The Morgan fingerprint density at radius 1 is 1.11 bits per heavy atom. The molecule has 1 atom stereocenters. The summed E-state index contributed by atoms with van der Waals surface area (Å²) < 4.78 is 18.0. The standard InChI is InChI=1S/C35H41N3O8/c1-6-22-23-14-21(45-31(40)20-10-8-19(9-11-20)16-36-33(42)46-34(3,4)5)12-13-27(23)37-29-24(22)17-38-28(29)15-26-25(30(38)39)18-44-32(41)35(26,43)7-2/h12-15,19-20,43H,6-11,16-18H2,1-5H3,(H,36,42)/t19-,20-,35-/m0/s1. The number of pyridine rings is 2. The number of nitrogens with zero attached hydrogens (tertiary/aromatic N) is 2. The number of nitrogens with one attached hydrogen (secondary N) is 1. The van der Waals surface area contributed by atoms with Gasteiger partial charge in [0.05, 0.1) is 34.9 Å². The van der Waals surface area contributed by atoms with Gasteiger partial charge in [-0.15, -0.1) is 0 Å². The Morgan fingerprint density at radius 3 is 2.52 bits per heavy atom. The Bertz CT molecular complexity index is 1800. The molecule has 244 valence electrons. The van der Waals surface area contributed by atoms with E-state index in [0.29, 0.717) is 55.0 Å². The number of benzene rings is 1. The van der Waals surface area contributed by atoms with Crippen molar-refractivity contribution in [3.8, 4) is 17.1 Å². The van der Waals surface area contributed by atoms with Gasteiger partial charge in [0.15, 0.2) is 5.60 Å². The second kappa shape index (κ2) is 11.8.